The highest BCUT2D eigenvalue weighted by Gasteiger charge is 2.31. The zero-order valence-electron chi connectivity index (χ0n) is 16.4. The Morgan fingerprint density at radius 2 is 1.77 bits per heavy atom. The molecule has 152 valence electrons. The summed E-state index contributed by atoms with van der Waals surface area (Å²) >= 11 is 5.89. The third kappa shape index (κ3) is 3.55. The summed E-state index contributed by atoms with van der Waals surface area (Å²) in [6.45, 7) is 2.20. The molecule has 2 aromatic carbocycles. The molecule has 1 fully saturated rings. The molecule has 0 bridgehead atoms. The summed E-state index contributed by atoms with van der Waals surface area (Å²) in [5, 5.41) is 3.89. The summed E-state index contributed by atoms with van der Waals surface area (Å²) in [4.78, 5) is 18.8. The summed E-state index contributed by atoms with van der Waals surface area (Å²) in [5.74, 6) is 0.0699. The lowest BCUT2D eigenvalue weighted by Crippen LogP contribution is -2.48. The number of fused-ring (bicyclic) bond motifs is 3. The first-order valence-electron chi connectivity index (χ1n) is 10.2. The van der Waals surface area contributed by atoms with Crippen molar-refractivity contribution < 1.29 is 9.53 Å². The quantitative estimate of drug-likeness (QED) is 0.629. The SMILES string of the molecule is O=C(OCC1c2ccccc2-c2ccccc21)N1CCNC(c2ccc(Cl)nc2)C1. The molecule has 1 saturated heterocycles. The Balaban J connectivity index is 1.28. The molecular formula is C24H22ClN3O2. The van der Waals surface area contributed by atoms with Gasteiger partial charge in [0, 0.05) is 31.7 Å². The van der Waals surface area contributed by atoms with Crippen molar-refractivity contribution in [3.8, 4) is 11.1 Å². The number of amides is 1. The molecule has 1 amide bonds. The molecule has 0 saturated carbocycles. The molecule has 5 rings (SSSR count). The van der Waals surface area contributed by atoms with Gasteiger partial charge in [0.05, 0.1) is 6.04 Å². The van der Waals surface area contributed by atoms with E-state index in [-0.39, 0.29) is 18.1 Å². The van der Waals surface area contributed by atoms with Gasteiger partial charge in [-0.25, -0.2) is 9.78 Å². The number of aromatic nitrogens is 1. The fraction of sp³-hybridized carbons (Fsp3) is 0.250. The lowest BCUT2D eigenvalue weighted by atomic mass is 9.98. The molecule has 5 nitrogen and oxygen atoms in total. The van der Waals surface area contributed by atoms with Crippen LogP contribution < -0.4 is 5.32 Å². The average Bonchev–Trinajstić information content (AvgIpc) is 3.12. The van der Waals surface area contributed by atoms with Crippen LogP contribution in [0.2, 0.25) is 5.15 Å². The van der Waals surface area contributed by atoms with Gasteiger partial charge in [0.15, 0.2) is 0 Å². The molecule has 6 heteroatoms. The third-order valence-electron chi connectivity index (χ3n) is 5.92. The summed E-state index contributed by atoms with van der Waals surface area (Å²) in [6.07, 6.45) is 1.48. The Morgan fingerprint density at radius 1 is 1.07 bits per heavy atom. The zero-order valence-corrected chi connectivity index (χ0v) is 17.2. The van der Waals surface area contributed by atoms with E-state index in [1.54, 1.807) is 17.2 Å². The predicted octanol–water partition coefficient (Wildman–Crippen LogP) is 4.63. The standard InChI is InChI=1S/C24H22ClN3O2/c25-23-10-9-16(13-27-23)22-14-28(12-11-26-22)24(29)30-15-21-19-7-3-1-5-17(19)18-6-2-4-8-20(18)21/h1-10,13,21-22,26H,11-12,14-15H2. The van der Waals surface area contributed by atoms with Gasteiger partial charge < -0.3 is 15.0 Å². The molecule has 2 heterocycles. The van der Waals surface area contributed by atoms with Gasteiger partial charge in [0.2, 0.25) is 0 Å². The van der Waals surface area contributed by atoms with E-state index in [1.165, 1.54) is 22.3 Å². The Kier molecular flexibility index (Phi) is 5.15. The number of pyridine rings is 1. The summed E-state index contributed by atoms with van der Waals surface area (Å²) in [5.41, 5.74) is 5.91. The van der Waals surface area contributed by atoms with Gasteiger partial charge in [-0.3, -0.25) is 0 Å². The van der Waals surface area contributed by atoms with Crippen molar-refractivity contribution in [1.82, 2.24) is 15.2 Å². The first kappa shape index (κ1) is 19.1. The number of benzene rings is 2. The number of carbonyl (C=O) groups is 1. The fourth-order valence-electron chi connectivity index (χ4n) is 4.42. The van der Waals surface area contributed by atoms with Crippen molar-refractivity contribution in [1.29, 1.82) is 0 Å². The number of halogens is 1. The summed E-state index contributed by atoms with van der Waals surface area (Å²) in [7, 11) is 0. The van der Waals surface area contributed by atoms with E-state index in [4.69, 9.17) is 16.3 Å². The van der Waals surface area contributed by atoms with Crippen LogP contribution in [-0.4, -0.2) is 42.2 Å². The van der Waals surface area contributed by atoms with E-state index < -0.39 is 0 Å². The van der Waals surface area contributed by atoms with Crippen molar-refractivity contribution in [2.24, 2.45) is 0 Å². The van der Waals surface area contributed by atoms with Crippen LogP contribution in [0, 0.1) is 0 Å². The summed E-state index contributed by atoms with van der Waals surface area (Å²) in [6, 6.07) is 20.4. The van der Waals surface area contributed by atoms with Crippen molar-refractivity contribution in [2.75, 3.05) is 26.2 Å². The van der Waals surface area contributed by atoms with Gasteiger partial charge in [-0.1, -0.05) is 66.2 Å². The first-order chi connectivity index (χ1) is 14.7. The van der Waals surface area contributed by atoms with Crippen LogP contribution in [0.4, 0.5) is 4.79 Å². The van der Waals surface area contributed by atoms with E-state index in [9.17, 15) is 4.79 Å². The Bertz CT molecular complexity index is 1020. The van der Waals surface area contributed by atoms with Crippen LogP contribution in [0.25, 0.3) is 11.1 Å². The van der Waals surface area contributed by atoms with Crippen LogP contribution in [0.1, 0.15) is 28.7 Å². The van der Waals surface area contributed by atoms with Gasteiger partial charge in [-0.15, -0.1) is 0 Å². The molecule has 1 aromatic heterocycles. The number of hydrogen-bond donors (Lipinski definition) is 1. The second kappa shape index (κ2) is 8.09. The second-order valence-corrected chi connectivity index (χ2v) is 8.06. The van der Waals surface area contributed by atoms with E-state index in [0.717, 1.165) is 5.56 Å². The molecule has 0 spiro atoms. The van der Waals surface area contributed by atoms with Crippen LogP contribution in [0.15, 0.2) is 66.9 Å². The van der Waals surface area contributed by atoms with Gasteiger partial charge >= 0.3 is 6.09 Å². The topological polar surface area (TPSA) is 54.5 Å². The predicted molar refractivity (Wildman–Crippen MR) is 117 cm³/mol. The number of carbonyl (C=O) groups excluding carboxylic acids is 1. The van der Waals surface area contributed by atoms with Gasteiger partial charge in [0.1, 0.15) is 11.8 Å². The van der Waals surface area contributed by atoms with E-state index in [1.807, 2.05) is 18.2 Å². The van der Waals surface area contributed by atoms with Crippen molar-refractivity contribution in [3.05, 3.63) is 88.7 Å². The molecule has 30 heavy (non-hydrogen) atoms. The largest absolute Gasteiger partial charge is 0.448 e. The fourth-order valence-corrected chi connectivity index (χ4v) is 4.53. The number of nitrogens with one attached hydrogen (secondary N) is 1. The molecule has 1 N–H and O–H groups in total. The molecule has 1 unspecified atom stereocenters. The molecule has 1 aliphatic heterocycles. The number of hydrogen-bond acceptors (Lipinski definition) is 4. The molecule has 2 aliphatic rings. The third-order valence-corrected chi connectivity index (χ3v) is 6.15. The first-order valence-corrected chi connectivity index (χ1v) is 10.5. The van der Waals surface area contributed by atoms with Crippen molar-refractivity contribution >= 4 is 17.7 Å². The molecule has 1 atom stereocenters. The van der Waals surface area contributed by atoms with Crippen LogP contribution in [0.3, 0.4) is 0 Å². The van der Waals surface area contributed by atoms with E-state index in [2.05, 4.69) is 46.7 Å². The van der Waals surface area contributed by atoms with Crippen LogP contribution >= 0.6 is 11.6 Å². The summed E-state index contributed by atoms with van der Waals surface area (Å²) < 4.78 is 5.80. The van der Waals surface area contributed by atoms with Gasteiger partial charge in [-0.2, -0.15) is 0 Å². The van der Waals surface area contributed by atoms with Crippen LogP contribution in [0.5, 0.6) is 0 Å². The lowest BCUT2D eigenvalue weighted by Gasteiger charge is -2.33. The maximum absolute atomic E-state index is 12.8. The molecule has 0 radical (unpaired) electrons. The average molecular weight is 420 g/mol. The minimum Gasteiger partial charge on any atom is -0.448 e. The highest BCUT2D eigenvalue weighted by Crippen LogP contribution is 2.44. The second-order valence-electron chi connectivity index (χ2n) is 7.67. The van der Waals surface area contributed by atoms with Crippen molar-refractivity contribution in [2.45, 2.75) is 12.0 Å². The molecule has 3 aromatic rings. The Hall–Kier alpha value is -2.89. The molecule has 1 aliphatic carbocycles. The zero-order chi connectivity index (χ0) is 20.5. The van der Waals surface area contributed by atoms with E-state index in [0.29, 0.717) is 31.4 Å². The minimum absolute atomic E-state index is 0.0176. The highest BCUT2D eigenvalue weighted by molar-refractivity contribution is 6.29. The number of rotatable bonds is 3. The van der Waals surface area contributed by atoms with Crippen LogP contribution in [-0.2, 0) is 4.74 Å². The molecular weight excluding hydrogens is 398 g/mol. The Morgan fingerprint density at radius 3 is 2.43 bits per heavy atom. The minimum atomic E-state index is -0.273. The normalized spacial score (nSPS) is 18.0. The number of piperazine rings is 1. The van der Waals surface area contributed by atoms with E-state index >= 15 is 0 Å². The number of ether oxygens (including phenoxy) is 1. The maximum Gasteiger partial charge on any atom is 0.409 e. The lowest BCUT2D eigenvalue weighted by molar-refractivity contribution is 0.0883. The Labute approximate surface area is 180 Å². The van der Waals surface area contributed by atoms with Crippen molar-refractivity contribution in [3.63, 3.8) is 0 Å². The van der Waals surface area contributed by atoms with Gasteiger partial charge in [0.25, 0.3) is 0 Å². The maximum atomic E-state index is 12.8. The number of nitrogens with zero attached hydrogens (tertiary/aromatic N) is 2. The monoisotopic (exact) mass is 419 g/mol. The van der Waals surface area contributed by atoms with Gasteiger partial charge in [-0.05, 0) is 33.9 Å². The highest BCUT2D eigenvalue weighted by atomic mass is 35.5. The smallest absolute Gasteiger partial charge is 0.409 e.